The zero-order chi connectivity index (χ0) is 36.6. The Kier molecular flexibility index (Phi) is 6.61. The van der Waals surface area contributed by atoms with Crippen molar-refractivity contribution in [1.29, 1.82) is 10.5 Å². The second kappa shape index (κ2) is 11.8. The molecule has 0 unspecified atom stereocenters. The minimum absolute atomic E-state index is 0.635. The van der Waals surface area contributed by atoms with E-state index < -0.39 is 0 Å². The zero-order valence-corrected chi connectivity index (χ0v) is 29.5. The van der Waals surface area contributed by atoms with Gasteiger partial charge >= 0.3 is 0 Å². The quantitative estimate of drug-likeness (QED) is 0.184. The van der Waals surface area contributed by atoms with E-state index in [1.807, 2.05) is 30.3 Å². The van der Waals surface area contributed by atoms with E-state index in [9.17, 15) is 10.5 Å². The molecule has 5 heteroatoms. The molecule has 0 bridgehead atoms. The van der Waals surface area contributed by atoms with Crippen molar-refractivity contribution in [3.8, 4) is 40.3 Å². The van der Waals surface area contributed by atoms with E-state index in [1.54, 1.807) is 0 Å². The highest BCUT2D eigenvalue weighted by Gasteiger charge is 2.19. The summed E-state index contributed by atoms with van der Waals surface area (Å²) >= 11 is 0. The number of nitrogens with zero attached hydrogens (tertiary/aromatic N) is 5. The molecule has 0 saturated carbocycles. The topological polar surface area (TPSA) is 62.4 Å². The second-order valence-corrected chi connectivity index (χ2v) is 14.0. The first kappa shape index (κ1) is 30.7. The van der Waals surface area contributed by atoms with Crippen molar-refractivity contribution in [2.75, 3.05) is 0 Å². The first-order valence-electron chi connectivity index (χ1n) is 18.3. The van der Waals surface area contributed by atoms with Crippen molar-refractivity contribution < 1.29 is 0 Å². The Hall–Kier alpha value is -7.86. The molecule has 0 saturated heterocycles. The van der Waals surface area contributed by atoms with E-state index >= 15 is 0 Å². The van der Waals surface area contributed by atoms with Crippen molar-refractivity contribution in [3.63, 3.8) is 0 Å². The molecule has 0 spiro atoms. The summed E-state index contributed by atoms with van der Waals surface area (Å²) in [4.78, 5) is 0. The van der Waals surface area contributed by atoms with Crippen LogP contribution < -0.4 is 0 Å². The normalized spacial score (nSPS) is 11.6. The maximum Gasteiger partial charge on any atom is 0.102 e. The first-order valence-corrected chi connectivity index (χ1v) is 18.3. The van der Waals surface area contributed by atoms with Gasteiger partial charge in [-0.05, 0) is 78.4 Å². The number of hydrogen-bond donors (Lipinski definition) is 0. The van der Waals surface area contributed by atoms with Crippen LogP contribution in [0, 0.1) is 22.7 Å². The summed E-state index contributed by atoms with van der Waals surface area (Å²) in [6.07, 6.45) is 0. The number of rotatable bonds is 4. The molecule has 11 rings (SSSR count). The highest BCUT2D eigenvalue weighted by molar-refractivity contribution is 6.12. The summed E-state index contributed by atoms with van der Waals surface area (Å²) < 4.78 is 6.85. The van der Waals surface area contributed by atoms with E-state index in [2.05, 4.69) is 171 Å². The molecule has 11 aromatic rings. The molecule has 0 fully saturated rings. The molecular formula is C50H29N5. The van der Waals surface area contributed by atoms with Gasteiger partial charge in [-0.25, -0.2) is 0 Å². The Labute approximate surface area is 316 Å². The van der Waals surface area contributed by atoms with Crippen LogP contribution in [0.3, 0.4) is 0 Å². The fourth-order valence-electron chi connectivity index (χ4n) is 8.75. The van der Waals surface area contributed by atoms with Crippen LogP contribution >= 0.6 is 0 Å². The third kappa shape index (κ3) is 4.45. The van der Waals surface area contributed by atoms with Crippen LogP contribution in [-0.4, -0.2) is 13.7 Å². The minimum atomic E-state index is 0.635. The molecule has 254 valence electrons. The monoisotopic (exact) mass is 699 g/mol. The molecule has 0 aliphatic heterocycles. The standard InChI is InChI=1S/C50H29N5/c51-30-32-20-27-49-42(28-32)40-13-4-6-16-45(40)54(49)35-25-26-41-39-12-1-5-15-44(39)53(50(41)29-35)34-23-21-33(22-24-34)36-14-9-19-48(43(36)31-52)55-46-17-7-2-10-37(46)38-11-3-8-18-47(38)55/h1-29H. The van der Waals surface area contributed by atoms with Crippen LogP contribution in [-0.2, 0) is 0 Å². The van der Waals surface area contributed by atoms with Gasteiger partial charge < -0.3 is 13.7 Å². The molecule has 0 aliphatic carbocycles. The van der Waals surface area contributed by atoms with Gasteiger partial charge in [0.15, 0.2) is 0 Å². The highest BCUT2D eigenvalue weighted by Crippen LogP contribution is 2.39. The lowest BCUT2D eigenvalue weighted by Crippen LogP contribution is -2.00. The molecule has 0 aliphatic rings. The molecular weight excluding hydrogens is 671 g/mol. The number of hydrogen-bond acceptors (Lipinski definition) is 2. The Morgan fingerprint density at radius 2 is 0.855 bits per heavy atom. The SMILES string of the molecule is N#Cc1ccc2c(c1)c1ccccc1n2-c1ccc2c3ccccc3n(-c3ccc(-c4cccc(-n5c6ccccc6c6ccccc65)c4C#N)cc3)c2c1. The lowest BCUT2D eigenvalue weighted by atomic mass is 9.98. The molecule has 0 N–H and O–H groups in total. The summed E-state index contributed by atoms with van der Waals surface area (Å²) in [5, 5.41) is 27.2. The van der Waals surface area contributed by atoms with E-state index in [0.29, 0.717) is 11.1 Å². The molecule has 5 nitrogen and oxygen atoms in total. The van der Waals surface area contributed by atoms with Crippen molar-refractivity contribution in [2.45, 2.75) is 0 Å². The number of nitriles is 2. The van der Waals surface area contributed by atoms with Gasteiger partial charge in [0.25, 0.3) is 0 Å². The van der Waals surface area contributed by atoms with Gasteiger partial charge in [0.2, 0.25) is 0 Å². The Bertz CT molecular complexity index is 3400. The third-order valence-electron chi connectivity index (χ3n) is 11.1. The smallest absolute Gasteiger partial charge is 0.102 e. The second-order valence-electron chi connectivity index (χ2n) is 14.0. The number of aromatic nitrogens is 3. The molecule has 0 atom stereocenters. The molecule has 3 heterocycles. The molecule has 0 amide bonds. The van der Waals surface area contributed by atoms with Crippen LogP contribution in [0.15, 0.2) is 176 Å². The lowest BCUT2D eigenvalue weighted by Gasteiger charge is -2.14. The van der Waals surface area contributed by atoms with Crippen LogP contribution in [0.25, 0.3) is 93.6 Å². The van der Waals surface area contributed by atoms with E-state index in [-0.39, 0.29) is 0 Å². The van der Waals surface area contributed by atoms with Gasteiger partial charge in [0.05, 0.1) is 56.0 Å². The van der Waals surface area contributed by atoms with Gasteiger partial charge in [-0.1, -0.05) is 103 Å². The predicted octanol–water partition coefficient (Wildman–Crippen LogP) is 12.4. The van der Waals surface area contributed by atoms with Gasteiger partial charge in [-0.15, -0.1) is 0 Å². The summed E-state index contributed by atoms with van der Waals surface area (Å²) in [6, 6.07) is 66.0. The van der Waals surface area contributed by atoms with Crippen LogP contribution in [0.5, 0.6) is 0 Å². The zero-order valence-electron chi connectivity index (χ0n) is 29.5. The molecule has 55 heavy (non-hydrogen) atoms. The Morgan fingerprint density at radius 3 is 1.45 bits per heavy atom. The van der Waals surface area contributed by atoms with E-state index in [1.165, 1.54) is 10.8 Å². The first-order chi connectivity index (χ1) is 27.2. The maximum absolute atomic E-state index is 10.7. The van der Waals surface area contributed by atoms with Crippen LogP contribution in [0.2, 0.25) is 0 Å². The average molecular weight is 700 g/mol. The highest BCUT2D eigenvalue weighted by atomic mass is 15.0. The van der Waals surface area contributed by atoms with Crippen LogP contribution in [0.1, 0.15) is 11.1 Å². The lowest BCUT2D eigenvalue weighted by molar-refractivity contribution is 1.15. The van der Waals surface area contributed by atoms with Crippen molar-refractivity contribution in [3.05, 3.63) is 187 Å². The fourth-order valence-corrected chi connectivity index (χ4v) is 8.75. The summed E-state index contributed by atoms with van der Waals surface area (Å²) in [5.41, 5.74) is 12.6. The van der Waals surface area contributed by atoms with Crippen molar-refractivity contribution in [1.82, 2.24) is 13.7 Å². The van der Waals surface area contributed by atoms with Crippen molar-refractivity contribution >= 4 is 65.4 Å². The van der Waals surface area contributed by atoms with Crippen molar-refractivity contribution in [2.24, 2.45) is 0 Å². The Morgan fingerprint density at radius 1 is 0.345 bits per heavy atom. The number of fused-ring (bicyclic) bond motifs is 9. The molecule has 0 radical (unpaired) electrons. The maximum atomic E-state index is 10.7. The fraction of sp³-hybridized carbons (Fsp3) is 0. The minimum Gasteiger partial charge on any atom is -0.309 e. The van der Waals surface area contributed by atoms with E-state index in [4.69, 9.17) is 0 Å². The summed E-state index contributed by atoms with van der Waals surface area (Å²) in [6.45, 7) is 0. The van der Waals surface area contributed by atoms with Gasteiger partial charge in [-0.3, -0.25) is 0 Å². The van der Waals surface area contributed by atoms with E-state index in [0.717, 1.165) is 82.8 Å². The molecule has 8 aromatic carbocycles. The largest absolute Gasteiger partial charge is 0.309 e. The van der Waals surface area contributed by atoms with Gasteiger partial charge in [0, 0.05) is 49.3 Å². The van der Waals surface area contributed by atoms with Gasteiger partial charge in [0.1, 0.15) is 6.07 Å². The summed E-state index contributed by atoms with van der Waals surface area (Å²) in [7, 11) is 0. The Balaban J connectivity index is 1.08. The molecule has 3 aromatic heterocycles. The van der Waals surface area contributed by atoms with Gasteiger partial charge in [-0.2, -0.15) is 10.5 Å². The summed E-state index contributed by atoms with van der Waals surface area (Å²) in [5.74, 6) is 0. The average Bonchev–Trinajstić information content (AvgIpc) is 3.88. The van der Waals surface area contributed by atoms with Crippen LogP contribution in [0.4, 0.5) is 0 Å². The predicted molar refractivity (Wildman–Crippen MR) is 224 cm³/mol. The third-order valence-corrected chi connectivity index (χ3v) is 11.1. The number of para-hydroxylation sites is 4. The number of benzene rings is 8.